The lowest BCUT2D eigenvalue weighted by Gasteiger charge is -2.11. The summed E-state index contributed by atoms with van der Waals surface area (Å²) in [6.07, 6.45) is 0. The van der Waals surface area contributed by atoms with Gasteiger partial charge in [0.05, 0.1) is 5.52 Å². The second kappa shape index (κ2) is 2.94. The van der Waals surface area contributed by atoms with Crippen molar-refractivity contribution in [3.05, 3.63) is 24.3 Å². The summed E-state index contributed by atoms with van der Waals surface area (Å²) in [7, 11) is 0. The Labute approximate surface area is 82.8 Å². The lowest BCUT2D eigenvalue weighted by molar-refractivity contribution is 0.481. The first-order valence-corrected chi connectivity index (χ1v) is 4.69. The van der Waals surface area contributed by atoms with Crippen LogP contribution in [-0.4, -0.2) is 9.67 Å². The highest BCUT2D eigenvalue weighted by molar-refractivity contribution is 5.89. The third-order valence-corrected chi connectivity index (χ3v) is 2.41. The Kier molecular flexibility index (Phi) is 1.88. The van der Waals surface area contributed by atoms with Gasteiger partial charge in [-0.3, -0.25) is 0 Å². The van der Waals surface area contributed by atoms with Crippen LogP contribution in [0.4, 0.5) is 5.82 Å². The summed E-state index contributed by atoms with van der Waals surface area (Å²) >= 11 is 0. The number of nitrogens with zero attached hydrogens (tertiary/aromatic N) is 1. The van der Waals surface area contributed by atoms with Crippen molar-refractivity contribution >= 4 is 16.7 Å². The van der Waals surface area contributed by atoms with E-state index in [9.17, 15) is 5.11 Å². The van der Waals surface area contributed by atoms with E-state index < -0.39 is 0 Å². The van der Waals surface area contributed by atoms with Crippen molar-refractivity contribution in [1.82, 2.24) is 4.57 Å². The molecule has 1 aromatic heterocycles. The van der Waals surface area contributed by atoms with Crippen molar-refractivity contribution in [3.63, 3.8) is 0 Å². The lowest BCUT2D eigenvalue weighted by atomic mass is 10.2. The molecule has 2 aromatic rings. The van der Waals surface area contributed by atoms with E-state index in [4.69, 9.17) is 5.73 Å². The van der Waals surface area contributed by atoms with E-state index >= 15 is 0 Å². The maximum Gasteiger partial charge on any atom is 0.125 e. The number of hydrogen-bond donors (Lipinski definition) is 2. The molecule has 1 aromatic carbocycles. The largest absolute Gasteiger partial charge is 0.507 e. The Morgan fingerprint density at radius 3 is 2.71 bits per heavy atom. The van der Waals surface area contributed by atoms with Gasteiger partial charge in [-0.1, -0.05) is 6.07 Å². The van der Waals surface area contributed by atoms with Gasteiger partial charge in [-0.15, -0.1) is 0 Å². The smallest absolute Gasteiger partial charge is 0.125 e. The van der Waals surface area contributed by atoms with Crippen LogP contribution in [0.2, 0.25) is 0 Å². The van der Waals surface area contributed by atoms with Crippen LogP contribution >= 0.6 is 0 Å². The molecule has 0 aliphatic carbocycles. The molecule has 3 heteroatoms. The Hall–Kier alpha value is -1.64. The molecule has 3 nitrogen and oxygen atoms in total. The molecule has 0 fully saturated rings. The fraction of sp³-hybridized carbons (Fsp3) is 0.273. The van der Waals surface area contributed by atoms with Crippen molar-refractivity contribution in [3.8, 4) is 5.75 Å². The van der Waals surface area contributed by atoms with Gasteiger partial charge in [0, 0.05) is 11.4 Å². The number of anilines is 1. The van der Waals surface area contributed by atoms with Crippen molar-refractivity contribution in [2.24, 2.45) is 0 Å². The second-order valence-corrected chi connectivity index (χ2v) is 3.74. The highest BCUT2D eigenvalue weighted by Gasteiger charge is 2.10. The predicted molar refractivity (Wildman–Crippen MR) is 58.4 cm³/mol. The van der Waals surface area contributed by atoms with Crippen LogP contribution in [0.5, 0.6) is 5.75 Å². The van der Waals surface area contributed by atoms with E-state index in [-0.39, 0.29) is 5.75 Å². The van der Waals surface area contributed by atoms with Crippen molar-refractivity contribution in [1.29, 1.82) is 0 Å². The minimum absolute atomic E-state index is 0.286. The van der Waals surface area contributed by atoms with Gasteiger partial charge in [0.1, 0.15) is 11.6 Å². The molecule has 1 heterocycles. The monoisotopic (exact) mass is 190 g/mol. The van der Waals surface area contributed by atoms with E-state index in [1.807, 2.05) is 22.8 Å². The number of benzene rings is 1. The number of nitrogens with two attached hydrogens (primary N) is 1. The van der Waals surface area contributed by atoms with Crippen molar-refractivity contribution in [2.75, 3.05) is 5.73 Å². The quantitative estimate of drug-likeness (QED) is 0.726. The van der Waals surface area contributed by atoms with E-state index in [0.29, 0.717) is 11.9 Å². The molecule has 0 aliphatic heterocycles. The maximum atomic E-state index is 9.62. The zero-order valence-corrected chi connectivity index (χ0v) is 8.36. The second-order valence-electron chi connectivity index (χ2n) is 3.74. The summed E-state index contributed by atoms with van der Waals surface area (Å²) < 4.78 is 2.01. The van der Waals surface area contributed by atoms with Crippen LogP contribution in [0.1, 0.15) is 19.9 Å². The number of nitrogen functional groups attached to an aromatic ring is 1. The van der Waals surface area contributed by atoms with Gasteiger partial charge >= 0.3 is 0 Å². The molecule has 0 radical (unpaired) electrons. The van der Waals surface area contributed by atoms with E-state index in [1.165, 1.54) is 0 Å². The average Bonchev–Trinajstić information content (AvgIpc) is 2.42. The van der Waals surface area contributed by atoms with E-state index in [2.05, 4.69) is 13.8 Å². The molecule has 2 rings (SSSR count). The normalized spacial score (nSPS) is 11.4. The standard InChI is InChI=1S/C11H14N2O/c1-7(2)13-9-4-3-5-10(14)8(9)6-11(13)12/h3-7,14H,12H2,1-2H3. The number of phenols is 1. The molecule has 0 saturated carbocycles. The highest BCUT2D eigenvalue weighted by Crippen LogP contribution is 2.31. The molecular formula is C11H14N2O. The van der Waals surface area contributed by atoms with E-state index in [0.717, 1.165) is 10.9 Å². The number of phenolic OH excluding ortho intramolecular Hbond substituents is 1. The first-order chi connectivity index (χ1) is 6.61. The molecule has 0 saturated heterocycles. The van der Waals surface area contributed by atoms with Gasteiger partial charge in [-0.05, 0) is 32.0 Å². The molecule has 0 atom stereocenters. The van der Waals surface area contributed by atoms with Crippen LogP contribution in [0.25, 0.3) is 10.9 Å². The first-order valence-electron chi connectivity index (χ1n) is 4.69. The maximum absolute atomic E-state index is 9.62. The van der Waals surface area contributed by atoms with Crippen LogP contribution in [-0.2, 0) is 0 Å². The van der Waals surface area contributed by atoms with Crippen LogP contribution in [0.3, 0.4) is 0 Å². The third kappa shape index (κ3) is 1.13. The first kappa shape index (κ1) is 8.94. The molecule has 0 bridgehead atoms. The van der Waals surface area contributed by atoms with Crippen LogP contribution in [0, 0.1) is 0 Å². The highest BCUT2D eigenvalue weighted by atomic mass is 16.3. The van der Waals surface area contributed by atoms with Crippen molar-refractivity contribution in [2.45, 2.75) is 19.9 Å². The van der Waals surface area contributed by atoms with Crippen LogP contribution in [0.15, 0.2) is 24.3 Å². The number of aromatic hydroxyl groups is 1. The van der Waals surface area contributed by atoms with Crippen LogP contribution < -0.4 is 5.73 Å². The molecular weight excluding hydrogens is 176 g/mol. The summed E-state index contributed by atoms with van der Waals surface area (Å²) in [4.78, 5) is 0. The minimum Gasteiger partial charge on any atom is -0.507 e. The summed E-state index contributed by atoms with van der Waals surface area (Å²) in [6.45, 7) is 4.14. The fourth-order valence-electron chi connectivity index (χ4n) is 1.83. The Morgan fingerprint density at radius 1 is 1.36 bits per heavy atom. The average molecular weight is 190 g/mol. The van der Waals surface area contributed by atoms with Gasteiger partial charge in [0.15, 0.2) is 0 Å². The summed E-state index contributed by atoms with van der Waals surface area (Å²) in [5, 5.41) is 10.4. The Morgan fingerprint density at radius 2 is 2.07 bits per heavy atom. The predicted octanol–water partition coefficient (Wildman–Crippen LogP) is 2.51. The SMILES string of the molecule is CC(C)n1c(N)cc2c(O)cccc21. The summed E-state index contributed by atoms with van der Waals surface area (Å²) in [5.41, 5.74) is 6.86. The molecule has 0 unspecified atom stereocenters. The molecule has 3 N–H and O–H groups in total. The van der Waals surface area contributed by atoms with E-state index in [1.54, 1.807) is 6.07 Å². The molecule has 0 aliphatic rings. The number of aromatic nitrogens is 1. The summed E-state index contributed by atoms with van der Waals surface area (Å²) in [6, 6.07) is 7.58. The number of fused-ring (bicyclic) bond motifs is 1. The van der Waals surface area contributed by atoms with Gasteiger partial charge in [-0.2, -0.15) is 0 Å². The molecule has 74 valence electrons. The van der Waals surface area contributed by atoms with Gasteiger partial charge < -0.3 is 15.4 Å². The van der Waals surface area contributed by atoms with Crippen molar-refractivity contribution < 1.29 is 5.11 Å². The fourth-order valence-corrected chi connectivity index (χ4v) is 1.83. The summed E-state index contributed by atoms with van der Waals surface area (Å²) in [5.74, 6) is 0.977. The molecule has 14 heavy (non-hydrogen) atoms. The molecule has 0 spiro atoms. The topological polar surface area (TPSA) is 51.2 Å². The van der Waals surface area contributed by atoms with Gasteiger partial charge in [0.25, 0.3) is 0 Å². The number of hydrogen-bond acceptors (Lipinski definition) is 2. The number of rotatable bonds is 1. The minimum atomic E-state index is 0.286. The zero-order valence-electron chi connectivity index (χ0n) is 8.36. The lowest BCUT2D eigenvalue weighted by Crippen LogP contribution is -2.04. The third-order valence-electron chi connectivity index (χ3n) is 2.41. The Balaban J connectivity index is 2.83. The Bertz CT molecular complexity index is 471. The zero-order chi connectivity index (χ0) is 10.3. The molecule has 0 amide bonds. The van der Waals surface area contributed by atoms with Gasteiger partial charge in [-0.25, -0.2) is 0 Å². The van der Waals surface area contributed by atoms with Gasteiger partial charge in [0.2, 0.25) is 0 Å².